The van der Waals surface area contributed by atoms with Crippen molar-refractivity contribution in [3.05, 3.63) is 58.9 Å². The number of carbonyl (C=O) groups excluding carboxylic acids is 1. The summed E-state index contributed by atoms with van der Waals surface area (Å²) < 4.78 is 5.30. The van der Waals surface area contributed by atoms with E-state index in [1.165, 1.54) is 0 Å². The molecule has 2 N–H and O–H groups in total. The predicted octanol–water partition coefficient (Wildman–Crippen LogP) is 3.57. The van der Waals surface area contributed by atoms with Crippen LogP contribution in [0.15, 0.2) is 40.9 Å². The van der Waals surface area contributed by atoms with E-state index in [1.54, 1.807) is 37.3 Å². The van der Waals surface area contributed by atoms with Crippen molar-refractivity contribution in [2.45, 2.75) is 44.4 Å². The summed E-state index contributed by atoms with van der Waals surface area (Å²) in [7, 11) is 0. The summed E-state index contributed by atoms with van der Waals surface area (Å²) in [5.41, 5.74) is 1.64. The molecule has 2 aromatic heterocycles. The lowest BCUT2D eigenvalue weighted by Crippen LogP contribution is -2.46. The molecule has 7 nitrogen and oxygen atoms in total. The number of nitrogens with one attached hydrogen (secondary N) is 1. The molecule has 1 aliphatic rings. The van der Waals surface area contributed by atoms with E-state index >= 15 is 0 Å². The number of carbonyl (C=O) groups is 2. The van der Waals surface area contributed by atoms with Gasteiger partial charge in [-0.25, -0.2) is 4.98 Å². The first-order chi connectivity index (χ1) is 14.0. The number of amides is 1. The molecular formula is C22H23N3O4. The molecule has 0 saturated heterocycles. The van der Waals surface area contributed by atoms with E-state index in [9.17, 15) is 14.7 Å². The summed E-state index contributed by atoms with van der Waals surface area (Å²) in [4.78, 5) is 29.8. The Morgan fingerprint density at radius 2 is 2.00 bits per heavy atom. The van der Waals surface area contributed by atoms with Gasteiger partial charge in [-0.3, -0.25) is 9.59 Å². The fourth-order valence-corrected chi connectivity index (χ4v) is 3.75. The Balaban J connectivity index is 1.67. The van der Waals surface area contributed by atoms with Gasteiger partial charge < -0.3 is 14.9 Å². The zero-order valence-electron chi connectivity index (χ0n) is 16.4. The number of rotatable bonds is 7. The van der Waals surface area contributed by atoms with Crippen molar-refractivity contribution < 1.29 is 19.2 Å². The number of fused-ring (bicyclic) bond motifs is 1. The molecule has 0 radical (unpaired) electrons. The van der Waals surface area contributed by atoms with Crippen LogP contribution in [-0.2, 0) is 10.2 Å². The molecule has 1 aromatic carbocycles. The third kappa shape index (κ3) is 3.37. The van der Waals surface area contributed by atoms with Gasteiger partial charge in [0.25, 0.3) is 11.6 Å². The highest BCUT2D eigenvalue weighted by Crippen LogP contribution is 2.40. The van der Waals surface area contributed by atoms with Crippen LogP contribution in [0.25, 0.3) is 11.1 Å². The summed E-state index contributed by atoms with van der Waals surface area (Å²) in [6.07, 6.45) is 2.43. The maximum Gasteiger partial charge on any atom is 0.315 e. The molecule has 2 heterocycles. The van der Waals surface area contributed by atoms with Crippen LogP contribution in [0.3, 0.4) is 0 Å². The molecule has 1 fully saturated rings. The number of carboxylic acids is 1. The van der Waals surface area contributed by atoms with Gasteiger partial charge in [-0.15, -0.1) is 0 Å². The predicted molar refractivity (Wildman–Crippen MR) is 107 cm³/mol. The van der Waals surface area contributed by atoms with Gasteiger partial charge in [-0.1, -0.05) is 42.4 Å². The number of pyridine rings is 1. The van der Waals surface area contributed by atoms with Crippen LogP contribution in [-0.4, -0.2) is 33.7 Å². The Morgan fingerprint density at radius 1 is 1.28 bits per heavy atom. The smallest absolute Gasteiger partial charge is 0.315 e. The van der Waals surface area contributed by atoms with Gasteiger partial charge in [0.2, 0.25) is 0 Å². The van der Waals surface area contributed by atoms with Crippen LogP contribution in [0.1, 0.15) is 59.4 Å². The van der Waals surface area contributed by atoms with Gasteiger partial charge in [-0.05, 0) is 37.8 Å². The molecule has 4 rings (SSSR count). The highest BCUT2D eigenvalue weighted by atomic mass is 16.5. The third-order valence-electron chi connectivity index (χ3n) is 5.77. The summed E-state index contributed by atoms with van der Waals surface area (Å²) >= 11 is 0. The van der Waals surface area contributed by atoms with Gasteiger partial charge in [0.15, 0.2) is 0 Å². The molecule has 0 spiro atoms. The fourth-order valence-electron chi connectivity index (χ4n) is 3.75. The fraction of sp³-hybridized carbons (Fsp3) is 0.364. The summed E-state index contributed by atoms with van der Waals surface area (Å²) in [5.74, 6) is -0.971. The van der Waals surface area contributed by atoms with Crippen LogP contribution in [0.2, 0.25) is 0 Å². The monoisotopic (exact) mass is 393 g/mol. The average molecular weight is 393 g/mol. The van der Waals surface area contributed by atoms with Crippen LogP contribution < -0.4 is 5.32 Å². The lowest BCUT2D eigenvalue weighted by Gasteiger charge is -2.29. The van der Waals surface area contributed by atoms with Crippen molar-refractivity contribution in [1.29, 1.82) is 0 Å². The van der Waals surface area contributed by atoms with Crippen molar-refractivity contribution in [2.24, 2.45) is 0 Å². The second-order valence-corrected chi connectivity index (χ2v) is 7.61. The van der Waals surface area contributed by atoms with Crippen LogP contribution in [0.5, 0.6) is 0 Å². The van der Waals surface area contributed by atoms with Crippen molar-refractivity contribution in [3.8, 4) is 0 Å². The lowest BCUT2D eigenvalue weighted by atomic mass is 9.78. The third-order valence-corrected chi connectivity index (χ3v) is 5.77. The highest BCUT2D eigenvalue weighted by Gasteiger charge is 2.39. The van der Waals surface area contributed by atoms with Crippen LogP contribution >= 0.6 is 0 Å². The van der Waals surface area contributed by atoms with Gasteiger partial charge in [0.1, 0.15) is 5.41 Å². The van der Waals surface area contributed by atoms with Gasteiger partial charge in [-0.2, -0.15) is 0 Å². The molecule has 1 atom stereocenters. The maximum atomic E-state index is 13.1. The molecule has 29 heavy (non-hydrogen) atoms. The average Bonchev–Trinajstić information content (AvgIpc) is 3.52. The molecule has 0 aliphatic heterocycles. The molecule has 7 heteroatoms. The van der Waals surface area contributed by atoms with Gasteiger partial charge >= 0.3 is 5.97 Å². The Morgan fingerprint density at radius 3 is 2.62 bits per heavy atom. The van der Waals surface area contributed by atoms with Crippen molar-refractivity contribution in [3.63, 3.8) is 0 Å². The van der Waals surface area contributed by atoms with E-state index in [-0.39, 0.29) is 12.5 Å². The van der Waals surface area contributed by atoms with Crippen molar-refractivity contribution in [2.75, 3.05) is 6.54 Å². The number of nitrogens with zero attached hydrogens (tertiary/aromatic N) is 2. The lowest BCUT2D eigenvalue weighted by molar-refractivity contribution is -0.143. The Bertz CT molecular complexity index is 1070. The number of benzene rings is 1. The SMILES string of the molecule is CCC(CNC(=O)c1cc(C2CC2)nc2onc(C)c12)(C(=O)O)c1ccccc1. The topological polar surface area (TPSA) is 105 Å². The molecule has 1 aliphatic carbocycles. The van der Waals surface area contributed by atoms with E-state index < -0.39 is 11.4 Å². The molecular weight excluding hydrogens is 370 g/mol. The second kappa shape index (κ2) is 7.31. The summed E-state index contributed by atoms with van der Waals surface area (Å²) in [6, 6.07) is 10.8. The number of hydrogen-bond acceptors (Lipinski definition) is 5. The zero-order valence-corrected chi connectivity index (χ0v) is 16.4. The van der Waals surface area contributed by atoms with E-state index in [0.29, 0.717) is 40.3 Å². The molecule has 0 bridgehead atoms. The molecule has 1 amide bonds. The quantitative estimate of drug-likeness (QED) is 0.636. The van der Waals surface area contributed by atoms with E-state index in [2.05, 4.69) is 15.5 Å². The minimum absolute atomic E-state index is 0.0193. The van der Waals surface area contributed by atoms with Gasteiger partial charge in [0, 0.05) is 18.2 Å². The first-order valence-electron chi connectivity index (χ1n) is 9.80. The van der Waals surface area contributed by atoms with E-state index in [0.717, 1.165) is 18.5 Å². The number of carboxylic acid groups (broad SMARTS) is 1. The number of hydrogen-bond donors (Lipinski definition) is 2. The first-order valence-corrected chi connectivity index (χ1v) is 9.80. The van der Waals surface area contributed by atoms with Crippen LogP contribution in [0.4, 0.5) is 0 Å². The van der Waals surface area contributed by atoms with E-state index in [4.69, 9.17) is 4.52 Å². The maximum absolute atomic E-state index is 13.1. The number of aryl methyl sites for hydroxylation is 1. The highest BCUT2D eigenvalue weighted by molar-refractivity contribution is 6.06. The minimum atomic E-state index is -1.20. The Hall–Kier alpha value is -3.22. The second-order valence-electron chi connectivity index (χ2n) is 7.61. The van der Waals surface area contributed by atoms with Crippen molar-refractivity contribution in [1.82, 2.24) is 15.5 Å². The number of aliphatic carboxylic acids is 1. The number of aromatic nitrogens is 2. The first kappa shape index (κ1) is 19.1. The zero-order chi connectivity index (χ0) is 20.6. The van der Waals surface area contributed by atoms with Crippen LogP contribution in [0, 0.1) is 6.92 Å². The minimum Gasteiger partial charge on any atom is -0.481 e. The Labute approximate surface area is 168 Å². The van der Waals surface area contributed by atoms with Gasteiger partial charge in [0.05, 0.1) is 16.6 Å². The summed E-state index contributed by atoms with van der Waals surface area (Å²) in [6.45, 7) is 3.56. The normalized spacial score (nSPS) is 15.8. The molecule has 3 aromatic rings. The summed E-state index contributed by atoms with van der Waals surface area (Å²) in [5, 5.41) is 17.4. The standard InChI is InChI=1S/C22H23N3O4/c1-3-22(21(27)28,15-7-5-4-6-8-15)12-23-19(26)16-11-17(14-9-10-14)24-20-18(16)13(2)25-29-20/h4-8,11,14H,3,9-10,12H2,1-2H3,(H,23,26)(H,27,28). The van der Waals surface area contributed by atoms with E-state index in [1.807, 2.05) is 13.0 Å². The van der Waals surface area contributed by atoms with Crippen molar-refractivity contribution >= 4 is 23.0 Å². The molecule has 150 valence electrons. The molecule has 1 unspecified atom stereocenters. The largest absolute Gasteiger partial charge is 0.481 e. The molecule has 1 saturated carbocycles. The Kier molecular flexibility index (Phi) is 4.82.